The van der Waals surface area contributed by atoms with Gasteiger partial charge in [0, 0.05) is 11.1 Å². The zero-order chi connectivity index (χ0) is 17.2. The molecule has 2 N–H and O–H groups in total. The third kappa shape index (κ3) is 3.61. The van der Waals surface area contributed by atoms with Crippen molar-refractivity contribution in [2.75, 3.05) is 7.11 Å². The molecule has 7 heteroatoms. The molecule has 1 unspecified atom stereocenters. The molecule has 2 aromatic rings. The summed E-state index contributed by atoms with van der Waals surface area (Å²) in [4.78, 5) is 23.2. The van der Waals surface area contributed by atoms with Crippen molar-refractivity contribution in [3.8, 4) is 5.75 Å². The summed E-state index contributed by atoms with van der Waals surface area (Å²) < 4.78 is 10.7. The molecule has 0 saturated carbocycles. The van der Waals surface area contributed by atoms with Gasteiger partial charge in [-0.2, -0.15) is 5.10 Å². The van der Waals surface area contributed by atoms with Crippen molar-refractivity contribution in [3.05, 3.63) is 23.4 Å². The first-order valence-corrected chi connectivity index (χ1v) is 7.25. The van der Waals surface area contributed by atoms with Gasteiger partial charge in [-0.05, 0) is 33.8 Å². The molecule has 0 aliphatic heterocycles. The summed E-state index contributed by atoms with van der Waals surface area (Å²) >= 11 is 0. The number of hydrogen-bond donors (Lipinski definition) is 2. The Morgan fingerprint density at radius 1 is 1.43 bits per heavy atom. The highest BCUT2D eigenvalue weighted by atomic mass is 16.6. The van der Waals surface area contributed by atoms with Gasteiger partial charge >= 0.3 is 6.09 Å². The molecule has 1 heterocycles. The molecule has 0 fully saturated rings. The maximum absolute atomic E-state index is 11.9. The van der Waals surface area contributed by atoms with Crippen LogP contribution in [-0.2, 0) is 4.74 Å². The van der Waals surface area contributed by atoms with Gasteiger partial charge in [-0.25, -0.2) is 4.79 Å². The number of nitrogens with one attached hydrogen (secondary N) is 2. The second-order valence-electron chi connectivity index (χ2n) is 6.23. The Kier molecular flexibility index (Phi) is 4.58. The van der Waals surface area contributed by atoms with Crippen LogP contribution in [0.25, 0.3) is 10.9 Å². The van der Waals surface area contributed by atoms with Gasteiger partial charge in [0.2, 0.25) is 0 Å². The van der Waals surface area contributed by atoms with Crippen LogP contribution in [0.5, 0.6) is 5.75 Å². The number of aldehydes is 1. The molecule has 124 valence electrons. The van der Waals surface area contributed by atoms with Crippen LogP contribution in [0.2, 0.25) is 0 Å². The normalized spacial score (nSPS) is 12.7. The van der Waals surface area contributed by atoms with Crippen LogP contribution >= 0.6 is 0 Å². The van der Waals surface area contributed by atoms with Crippen molar-refractivity contribution >= 4 is 23.3 Å². The summed E-state index contributed by atoms with van der Waals surface area (Å²) in [6.07, 6.45) is 1.79. The Morgan fingerprint density at radius 2 is 2.13 bits per heavy atom. The number of amides is 1. The van der Waals surface area contributed by atoms with Gasteiger partial charge in [0.05, 0.1) is 30.3 Å². The van der Waals surface area contributed by atoms with Crippen LogP contribution in [0.15, 0.2) is 12.3 Å². The summed E-state index contributed by atoms with van der Waals surface area (Å²) in [5, 5.41) is 10.2. The van der Waals surface area contributed by atoms with E-state index in [9.17, 15) is 9.59 Å². The summed E-state index contributed by atoms with van der Waals surface area (Å²) in [6.45, 7) is 7.17. The van der Waals surface area contributed by atoms with Crippen molar-refractivity contribution in [2.24, 2.45) is 0 Å². The number of methoxy groups -OCH3 is 1. The fourth-order valence-electron chi connectivity index (χ4n) is 2.34. The van der Waals surface area contributed by atoms with E-state index in [4.69, 9.17) is 9.47 Å². The molecule has 0 aliphatic rings. The lowest BCUT2D eigenvalue weighted by molar-refractivity contribution is 0.0507. The van der Waals surface area contributed by atoms with Crippen LogP contribution in [0.3, 0.4) is 0 Å². The molecule has 2 rings (SSSR count). The van der Waals surface area contributed by atoms with E-state index >= 15 is 0 Å². The molecule has 7 nitrogen and oxygen atoms in total. The van der Waals surface area contributed by atoms with Crippen LogP contribution in [-0.4, -0.2) is 35.3 Å². The Labute approximate surface area is 134 Å². The van der Waals surface area contributed by atoms with Crippen molar-refractivity contribution in [1.82, 2.24) is 15.5 Å². The quantitative estimate of drug-likeness (QED) is 0.845. The number of benzene rings is 1. The van der Waals surface area contributed by atoms with E-state index in [1.54, 1.807) is 40.0 Å². The number of fused-ring (bicyclic) bond motifs is 1. The van der Waals surface area contributed by atoms with Gasteiger partial charge in [0.1, 0.15) is 11.4 Å². The minimum absolute atomic E-state index is 0.405. The minimum atomic E-state index is -0.587. The smallest absolute Gasteiger partial charge is 0.408 e. The van der Waals surface area contributed by atoms with Crippen LogP contribution in [0, 0.1) is 0 Å². The molecule has 0 saturated heterocycles. The van der Waals surface area contributed by atoms with Gasteiger partial charge < -0.3 is 14.8 Å². The Morgan fingerprint density at radius 3 is 2.70 bits per heavy atom. The fourth-order valence-corrected chi connectivity index (χ4v) is 2.34. The second kappa shape index (κ2) is 6.28. The first-order chi connectivity index (χ1) is 10.8. The van der Waals surface area contributed by atoms with E-state index in [0.29, 0.717) is 27.8 Å². The summed E-state index contributed by atoms with van der Waals surface area (Å²) in [7, 11) is 1.53. The molecule has 0 aliphatic carbocycles. The molecule has 1 atom stereocenters. The lowest BCUT2D eigenvalue weighted by Crippen LogP contribution is -2.34. The zero-order valence-corrected chi connectivity index (χ0v) is 13.9. The van der Waals surface area contributed by atoms with Gasteiger partial charge in [-0.15, -0.1) is 0 Å². The second-order valence-corrected chi connectivity index (χ2v) is 6.23. The fraction of sp³-hybridized carbons (Fsp3) is 0.438. The molecule has 1 aromatic heterocycles. The molecule has 1 aromatic carbocycles. The standard InChI is InChI=1S/C16H21N3O4/c1-9(18-15(21)23-16(2,3)4)11-6-10(8-20)13-12(7-17-19-13)14(11)22-5/h6-9H,1-5H3,(H,17,19)(H,18,21). The van der Waals surface area contributed by atoms with E-state index in [1.165, 1.54) is 7.11 Å². The summed E-state index contributed by atoms with van der Waals surface area (Å²) in [6, 6.07) is 1.27. The average molecular weight is 319 g/mol. The minimum Gasteiger partial charge on any atom is -0.496 e. The molecule has 0 radical (unpaired) electrons. The van der Waals surface area contributed by atoms with E-state index in [0.717, 1.165) is 6.29 Å². The average Bonchev–Trinajstić information content (AvgIpc) is 2.92. The number of rotatable bonds is 4. The number of carbonyl (C=O) groups excluding carboxylic acids is 2. The third-order valence-corrected chi connectivity index (χ3v) is 3.28. The van der Waals surface area contributed by atoms with E-state index < -0.39 is 17.7 Å². The Bertz CT molecular complexity index is 731. The lowest BCUT2D eigenvalue weighted by atomic mass is 10.0. The first kappa shape index (κ1) is 16.8. The Balaban J connectivity index is 2.38. The van der Waals surface area contributed by atoms with Crippen molar-refractivity contribution in [1.29, 1.82) is 0 Å². The highest BCUT2D eigenvalue weighted by Gasteiger charge is 2.22. The predicted molar refractivity (Wildman–Crippen MR) is 85.8 cm³/mol. The van der Waals surface area contributed by atoms with Gasteiger partial charge in [-0.1, -0.05) is 0 Å². The van der Waals surface area contributed by atoms with E-state index in [2.05, 4.69) is 15.5 Å². The number of nitrogens with zero attached hydrogens (tertiary/aromatic N) is 1. The Hall–Kier alpha value is -2.57. The van der Waals surface area contributed by atoms with Crippen molar-refractivity contribution in [2.45, 2.75) is 39.3 Å². The monoisotopic (exact) mass is 319 g/mol. The lowest BCUT2D eigenvalue weighted by Gasteiger charge is -2.23. The number of aromatic nitrogens is 2. The van der Waals surface area contributed by atoms with Crippen LogP contribution in [0.1, 0.15) is 49.7 Å². The largest absolute Gasteiger partial charge is 0.496 e. The van der Waals surface area contributed by atoms with Gasteiger partial charge in [-0.3, -0.25) is 9.89 Å². The van der Waals surface area contributed by atoms with E-state index in [1.807, 2.05) is 0 Å². The van der Waals surface area contributed by atoms with Crippen LogP contribution in [0.4, 0.5) is 4.79 Å². The number of hydrogen-bond acceptors (Lipinski definition) is 5. The number of aromatic amines is 1. The number of ether oxygens (including phenoxy) is 2. The number of carbonyl (C=O) groups is 2. The third-order valence-electron chi connectivity index (χ3n) is 3.28. The maximum Gasteiger partial charge on any atom is 0.408 e. The predicted octanol–water partition coefficient (Wildman–Crippen LogP) is 2.97. The molecule has 0 spiro atoms. The molecule has 23 heavy (non-hydrogen) atoms. The zero-order valence-electron chi connectivity index (χ0n) is 13.9. The number of H-pyrrole nitrogens is 1. The summed E-state index contributed by atoms with van der Waals surface area (Å²) in [5.74, 6) is 0.558. The summed E-state index contributed by atoms with van der Waals surface area (Å²) in [5.41, 5.74) is 1.14. The molecule has 1 amide bonds. The van der Waals surface area contributed by atoms with Crippen molar-refractivity contribution in [3.63, 3.8) is 0 Å². The van der Waals surface area contributed by atoms with Gasteiger partial charge in [0.15, 0.2) is 6.29 Å². The highest BCUT2D eigenvalue weighted by Crippen LogP contribution is 2.34. The number of alkyl carbamates (subject to hydrolysis) is 1. The van der Waals surface area contributed by atoms with Crippen LogP contribution < -0.4 is 10.1 Å². The molecular formula is C16H21N3O4. The van der Waals surface area contributed by atoms with E-state index in [-0.39, 0.29) is 0 Å². The molecular weight excluding hydrogens is 298 g/mol. The van der Waals surface area contributed by atoms with Crippen molar-refractivity contribution < 1.29 is 19.1 Å². The highest BCUT2D eigenvalue weighted by molar-refractivity contribution is 5.99. The van der Waals surface area contributed by atoms with Gasteiger partial charge in [0.25, 0.3) is 0 Å². The maximum atomic E-state index is 11.9. The SMILES string of the molecule is COc1c(C(C)NC(=O)OC(C)(C)C)cc(C=O)c2[nH]ncc12. The first-order valence-electron chi connectivity index (χ1n) is 7.25. The molecule has 0 bridgehead atoms. The topological polar surface area (TPSA) is 93.3 Å².